The zero-order chi connectivity index (χ0) is 12.1. The summed E-state index contributed by atoms with van der Waals surface area (Å²) < 4.78 is 5.65. The summed E-state index contributed by atoms with van der Waals surface area (Å²) in [6.07, 6.45) is 0. The van der Waals surface area contributed by atoms with Gasteiger partial charge in [-0.05, 0) is 24.6 Å². The standard InChI is InChI=1S/C13H18N2OS/c1-10-4-3-5-12(8-10)16-7-6-14-13-15-9-11(2)17-13/h3-5,8,11H,6-7,9H2,1-2H3,(H,14,15). The number of hydrogen-bond acceptors (Lipinski definition) is 4. The minimum atomic E-state index is 0.607. The van der Waals surface area contributed by atoms with E-state index in [0.29, 0.717) is 11.9 Å². The fourth-order valence-electron chi connectivity index (χ4n) is 1.61. The van der Waals surface area contributed by atoms with Crippen molar-refractivity contribution in [3.63, 3.8) is 0 Å². The summed E-state index contributed by atoms with van der Waals surface area (Å²) in [4.78, 5) is 4.39. The molecule has 0 aromatic heterocycles. The summed E-state index contributed by atoms with van der Waals surface area (Å²) >= 11 is 1.80. The van der Waals surface area contributed by atoms with Crippen molar-refractivity contribution >= 4 is 16.9 Å². The van der Waals surface area contributed by atoms with E-state index in [1.807, 2.05) is 18.2 Å². The van der Waals surface area contributed by atoms with Gasteiger partial charge in [0.2, 0.25) is 0 Å². The van der Waals surface area contributed by atoms with Gasteiger partial charge in [0.1, 0.15) is 12.4 Å². The van der Waals surface area contributed by atoms with Crippen LogP contribution in [-0.2, 0) is 0 Å². The molecule has 0 radical (unpaired) electrons. The first kappa shape index (κ1) is 12.3. The van der Waals surface area contributed by atoms with Gasteiger partial charge in [0, 0.05) is 5.25 Å². The molecule has 1 unspecified atom stereocenters. The molecule has 1 aromatic rings. The Labute approximate surface area is 107 Å². The van der Waals surface area contributed by atoms with Crippen LogP contribution in [0.3, 0.4) is 0 Å². The molecule has 92 valence electrons. The minimum absolute atomic E-state index is 0.607. The summed E-state index contributed by atoms with van der Waals surface area (Å²) in [5, 5.41) is 4.94. The van der Waals surface area contributed by atoms with Crippen molar-refractivity contribution in [2.24, 2.45) is 4.99 Å². The maximum absolute atomic E-state index is 5.65. The molecule has 0 saturated carbocycles. The SMILES string of the molecule is Cc1cccc(OCCNC2=NCC(C)S2)c1. The molecule has 3 nitrogen and oxygen atoms in total. The molecule has 0 bridgehead atoms. The van der Waals surface area contributed by atoms with Gasteiger partial charge >= 0.3 is 0 Å². The van der Waals surface area contributed by atoms with Gasteiger partial charge < -0.3 is 10.1 Å². The number of rotatable bonds is 4. The van der Waals surface area contributed by atoms with Gasteiger partial charge in [0.25, 0.3) is 0 Å². The lowest BCUT2D eigenvalue weighted by atomic mass is 10.2. The van der Waals surface area contributed by atoms with Gasteiger partial charge in [-0.25, -0.2) is 0 Å². The minimum Gasteiger partial charge on any atom is -0.492 e. The Hall–Kier alpha value is -1.16. The summed E-state index contributed by atoms with van der Waals surface area (Å²) in [6, 6.07) is 8.11. The lowest BCUT2D eigenvalue weighted by molar-refractivity contribution is 0.322. The third-order valence-corrected chi connectivity index (χ3v) is 3.49. The highest BCUT2D eigenvalue weighted by Crippen LogP contribution is 2.18. The highest BCUT2D eigenvalue weighted by Gasteiger charge is 2.13. The fraction of sp³-hybridized carbons (Fsp3) is 0.462. The number of benzene rings is 1. The molecule has 17 heavy (non-hydrogen) atoms. The largest absolute Gasteiger partial charge is 0.492 e. The van der Waals surface area contributed by atoms with Gasteiger partial charge in [-0.3, -0.25) is 4.99 Å². The Kier molecular flexibility index (Phi) is 4.31. The van der Waals surface area contributed by atoms with Gasteiger partial charge in [0.15, 0.2) is 5.17 Å². The maximum atomic E-state index is 5.65. The zero-order valence-corrected chi connectivity index (χ0v) is 11.1. The summed E-state index contributed by atoms with van der Waals surface area (Å²) in [5.41, 5.74) is 1.22. The van der Waals surface area contributed by atoms with E-state index in [9.17, 15) is 0 Å². The molecule has 0 fully saturated rings. The van der Waals surface area contributed by atoms with E-state index < -0.39 is 0 Å². The van der Waals surface area contributed by atoms with Crippen molar-refractivity contribution in [3.05, 3.63) is 29.8 Å². The molecular formula is C13H18N2OS. The number of thioether (sulfide) groups is 1. The van der Waals surface area contributed by atoms with Crippen LogP contribution in [0.2, 0.25) is 0 Å². The molecule has 1 aliphatic rings. The molecular weight excluding hydrogens is 232 g/mol. The Balaban J connectivity index is 1.67. The Morgan fingerprint density at radius 1 is 1.53 bits per heavy atom. The second-order valence-corrected chi connectivity index (χ2v) is 5.59. The Morgan fingerprint density at radius 3 is 3.12 bits per heavy atom. The number of amidine groups is 1. The molecule has 0 amide bonds. The van der Waals surface area contributed by atoms with Crippen molar-refractivity contribution in [3.8, 4) is 5.75 Å². The molecule has 1 heterocycles. The smallest absolute Gasteiger partial charge is 0.157 e. The van der Waals surface area contributed by atoms with Crippen LogP contribution in [-0.4, -0.2) is 30.1 Å². The number of ether oxygens (including phenoxy) is 1. The molecule has 4 heteroatoms. The maximum Gasteiger partial charge on any atom is 0.157 e. The van der Waals surface area contributed by atoms with E-state index >= 15 is 0 Å². The van der Waals surface area contributed by atoms with Crippen LogP contribution in [0, 0.1) is 6.92 Å². The third kappa shape index (κ3) is 3.97. The molecule has 0 aliphatic carbocycles. The lowest BCUT2D eigenvalue weighted by Crippen LogP contribution is -2.25. The molecule has 1 aliphatic heterocycles. The van der Waals surface area contributed by atoms with Crippen LogP contribution in [0.1, 0.15) is 12.5 Å². The number of nitrogens with zero attached hydrogens (tertiary/aromatic N) is 1. The van der Waals surface area contributed by atoms with Gasteiger partial charge in [-0.1, -0.05) is 30.8 Å². The molecule has 1 aromatic carbocycles. The average molecular weight is 250 g/mol. The number of hydrogen-bond donors (Lipinski definition) is 1. The van der Waals surface area contributed by atoms with Gasteiger partial charge in [0.05, 0.1) is 13.1 Å². The number of nitrogens with one attached hydrogen (secondary N) is 1. The monoisotopic (exact) mass is 250 g/mol. The topological polar surface area (TPSA) is 33.6 Å². The average Bonchev–Trinajstić information content (AvgIpc) is 2.71. The predicted octanol–water partition coefficient (Wildman–Crippen LogP) is 2.45. The van der Waals surface area contributed by atoms with E-state index in [-0.39, 0.29) is 0 Å². The van der Waals surface area contributed by atoms with Crippen LogP contribution >= 0.6 is 11.8 Å². The van der Waals surface area contributed by atoms with Crippen molar-refractivity contribution < 1.29 is 4.74 Å². The van der Waals surface area contributed by atoms with E-state index in [0.717, 1.165) is 24.0 Å². The van der Waals surface area contributed by atoms with E-state index in [4.69, 9.17) is 4.74 Å². The predicted molar refractivity (Wildman–Crippen MR) is 74.0 cm³/mol. The van der Waals surface area contributed by atoms with Crippen LogP contribution in [0.25, 0.3) is 0 Å². The van der Waals surface area contributed by atoms with Crippen molar-refractivity contribution in [2.45, 2.75) is 19.1 Å². The van der Waals surface area contributed by atoms with Gasteiger partial charge in [-0.15, -0.1) is 0 Å². The van der Waals surface area contributed by atoms with Crippen LogP contribution in [0.4, 0.5) is 0 Å². The quantitative estimate of drug-likeness (QED) is 0.833. The highest BCUT2D eigenvalue weighted by molar-refractivity contribution is 8.14. The lowest BCUT2D eigenvalue weighted by Gasteiger charge is -2.08. The molecule has 1 atom stereocenters. The molecule has 0 spiro atoms. The van der Waals surface area contributed by atoms with Gasteiger partial charge in [-0.2, -0.15) is 0 Å². The Morgan fingerprint density at radius 2 is 2.41 bits per heavy atom. The van der Waals surface area contributed by atoms with Crippen LogP contribution in [0.15, 0.2) is 29.3 Å². The summed E-state index contributed by atoms with van der Waals surface area (Å²) in [5.74, 6) is 0.932. The van der Waals surface area contributed by atoms with Crippen molar-refractivity contribution in [2.75, 3.05) is 19.7 Å². The number of aliphatic imine (C=N–C) groups is 1. The zero-order valence-electron chi connectivity index (χ0n) is 10.3. The summed E-state index contributed by atoms with van der Waals surface area (Å²) in [6.45, 7) is 6.64. The fourth-order valence-corrected chi connectivity index (χ4v) is 2.47. The molecule has 2 rings (SSSR count). The highest BCUT2D eigenvalue weighted by atomic mass is 32.2. The first-order valence-electron chi connectivity index (χ1n) is 5.88. The first-order valence-corrected chi connectivity index (χ1v) is 6.76. The Bertz CT molecular complexity index is 406. The van der Waals surface area contributed by atoms with E-state index in [1.165, 1.54) is 5.56 Å². The van der Waals surface area contributed by atoms with Crippen molar-refractivity contribution in [1.82, 2.24) is 5.32 Å². The van der Waals surface area contributed by atoms with Crippen LogP contribution < -0.4 is 10.1 Å². The molecule has 0 saturated heterocycles. The normalized spacial score (nSPS) is 18.9. The second kappa shape index (κ2) is 5.96. The molecule has 1 N–H and O–H groups in total. The summed E-state index contributed by atoms with van der Waals surface area (Å²) in [7, 11) is 0. The first-order chi connectivity index (χ1) is 8.24. The van der Waals surface area contributed by atoms with E-state index in [2.05, 4.69) is 30.2 Å². The third-order valence-electron chi connectivity index (χ3n) is 2.44. The second-order valence-electron chi connectivity index (χ2n) is 4.17. The number of aryl methyl sites for hydroxylation is 1. The van der Waals surface area contributed by atoms with Crippen LogP contribution in [0.5, 0.6) is 5.75 Å². The van der Waals surface area contributed by atoms with Crippen molar-refractivity contribution in [1.29, 1.82) is 0 Å². The van der Waals surface area contributed by atoms with E-state index in [1.54, 1.807) is 11.8 Å².